The Kier molecular flexibility index (Phi) is 4.96. The molecule has 1 aliphatic heterocycles. The number of benzene rings is 2. The molecule has 31 heavy (non-hydrogen) atoms. The summed E-state index contributed by atoms with van der Waals surface area (Å²) >= 11 is 0. The van der Waals surface area contributed by atoms with Gasteiger partial charge in [-0.3, -0.25) is 4.79 Å². The summed E-state index contributed by atoms with van der Waals surface area (Å²) in [7, 11) is 0. The van der Waals surface area contributed by atoms with Crippen LogP contribution in [0.3, 0.4) is 0 Å². The fourth-order valence-electron chi connectivity index (χ4n) is 4.08. The van der Waals surface area contributed by atoms with Gasteiger partial charge in [-0.15, -0.1) is 0 Å². The van der Waals surface area contributed by atoms with Crippen molar-refractivity contribution in [3.8, 4) is 5.69 Å². The number of amides is 1. The molecule has 2 aromatic heterocycles. The van der Waals surface area contributed by atoms with Gasteiger partial charge in [0.05, 0.1) is 17.3 Å². The van der Waals surface area contributed by atoms with Gasteiger partial charge in [-0.1, -0.05) is 36.4 Å². The molecule has 1 atom stereocenters. The number of nitrogens with zero attached hydrogens (tertiary/aromatic N) is 4. The maximum atomic E-state index is 13.0. The minimum absolute atomic E-state index is 0.0129. The summed E-state index contributed by atoms with van der Waals surface area (Å²) in [6.45, 7) is 2.80. The van der Waals surface area contributed by atoms with Crippen LogP contribution >= 0.6 is 0 Å². The second-order valence-electron chi connectivity index (χ2n) is 7.64. The molecule has 0 radical (unpaired) electrons. The third-order valence-electron chi connectivity index (χ3n) is 5.66. The highest BCUT2D eigenvalue weighted by Gasteiger charge is 2.25. The van der Waals surface area contributed by atoms with E-state index < -0.39 is 0 Å². The molecular formula is C25H23N5O. The molecule has 154 valence electrons. The van der Waals surface area contributed by atoms with Crippen LogP contribution in [0.1, 0.15) is 34.5 Å². The maximum absolute atomic E-state index is 13.0. The van der Waals surface area contributed by atoms with Gasteiger partial charge < -0.3 is 10.2 Å². The summed E-state index contributed by atoms with van der Waals surface area (Å²) in [6, 6.07) is 21.8. The molecule has 0 aliphatic carbocycles. The Morgan fingerprint density at radius 3 is 2.58 bits per heavy atom. The first-order valence-corrected chi connectivity index (χ1v) is 10.4. The van der Waals surface area contributed by atoms with E-state index in [2.05, 4.69) is 34.5 Å². The van der Waals surface area contributed by atoms with Gasteiger partial charge in [0.15, 0.2) is 0 Å². The van der Waals surface area contributed by atoms with Crippen LogP contribution in [0.25, 0.3) is 5.69 Å². The van der Waals surface area contributed by atoms with E-state index >= 15 is 0 Å². The summed E-state index contributed by atoms with van der Waals surface area (Å²) < 4.78 is 1.86. The summed E-state index contributed by atoms with van der Waals surface area (Å²) in [5.41, 5.74) is 4.94. The Labute approximate surface area is 181 Å². The third-order valence-corrected chi connectivity index (χ3v) is 5.66. The van der Waals surface area contributed by atoms with Gasteiger partial charge in [0, 0.05) is 30.8 Å². The molecule has 5 rings (SSSR count). The summed E-state index contributed by atoms with van der Waals surface area (Å²) in [5, 5.41) is 7.79. The number of aromatic nitrogens is 3. The second kappa shape index (κ2) is 8.07. The Bertz CT molecular complexity index is 1200. The van der Waals surface area contributed by atoms with Crippen molar-refractivity contribution in [3.63, 3.8) is 0 Å². The van der Waals surface area contributed by atoms with E-state index in [4.69, 9.17) is 0 Å². The van der Waals surface area contributed by atoms with E-state index in [1.807, 2.05) is 70.4 Å². The zero-order valence-electron chi connectivity index (χ0n) is 17.3. The molecule has 2 aromatic carbocycles. The fourth-order valence-corrected chi connectivity index (χ4v) is 4.08. The number of fused-ring (bicyclic) bond motifs is 1. The van der Waals surface area contributed by atoms with E-state index in [0.29, 0.717) is 12.1 Å². The van der Waals surface area contributed by atoms with Gasteiger partial charge in [-0.25, -0.2) is 9.67 Å². The van der Waals surface area contributed by atoms with E-state index in [0.717, 1.165) is 29.2 Å². The summed E-state index contributed by atoms with van der Waals surface area (Å²) in [6.07, 6.45) is 6.24. The number of rotatable bonds is 5. The molecule has 6 nitrogen and oxygen atoms in total. The smallest absolute Gasteiger partial charge is 0.259 e. The van der Waals surface area contributed by atoms with Crippen LogP contribution in [0.15, 0.2) is 85.3 Å². The molecule has 0 saturated carbocycles. The van der Waals surface area contributed by atoms with Gasteiger partial charge >= 0.3 is 0 Å². The molecule has 0 fully saturated rings. The minimum Gasteiger partial charge on any atom is -0.363 e. The van der Waals surface area contributed by atoms with E-state index in [1.165, 1.54) is 5.56 Å². The molecule has 4 aromatic rings. The molecule has 1 N–H and O–H groups in total. The SMILES string of the molecule is CC(Nc1ccc(C(=O)N2CCc3ccccc32)cn1)c1ccccc1-n1cccn1. The number of hydrogen-bond acceptors (Lipinski definition) is 4. The first-order valence-electron chi connectivity index (χ1n) is 10.4. The Hall–Kier alpha value is -3.93. The lowest BCUT2D eigenvalue weighted by atomic mass is 10.1. The number of nitrogens with one attached hydrogen (secondary N) is 1. The highest BCUT2D eigenvalue weighted by Crippen LogP contribution is 2.29. The highest BCUT2D eigenvalue weighted by molar-refractivity contribution is 6.07. The minimum atomic E-state index is -0.0129. The molecule has 0 spiro atoms. The Balaban J connectivity index is 1.32. The average Bonchev–Trinajstić information content (AvgIpc) is 3.49. The van der Waals surface area contributed by atoms with Crippen molar-refractivity contribution < 1.29 is 4.79 Å². The van der Waals surface area contributed by atoms with Crippen LogP contribution in [0.5, 0.6) is 0 Å². The lowest BCUT2D eigenvalue weighted by Gasteiger charge is -2.19. The average molecular weight is 409 g/mol. The monoisotopic (exact) mass is 409 g/mol. The lowest BCUT2D eigenvalue weighted by molar-refractivity contribution is 0.0989. The zero-order chi connectivity index (χ0) is 21.2. The largest absolute Gasteiger partial charge is 0.363 e. The van der Waals surface area contributed by atoms with Crippen LogP contribution < -0.4 is 10.2 Å². The molecule has 3 heterocycles. The lowest BCUT2D eigenvalue weighted by Crippen LogP contribution is -2.29. The quantitative estimate of drug-likeness (QED) is 0.521. The molecular weight excluding hydrogens is 386 g/mol. The van der Waals surface area contributed by atoms with Crippen LogP contribution in [-0.4, -0.2) is 27.2 Å². The Morgan fingerprint density at radius 2 is 1.81 bits per heavy atom. The normalized spacial score (nSPS) is 13.6. The van der Waals surface area contributed by atoms with Crippen molar-refractivity contribution in [2.24, 2.45) is 0 Å². The van der Waals surface area contributed by atoms with Gasteiger partial charge in [0.1, 0.15) is 5.82 Å². The summed E-state index contributed by atoms with van der Waals surface area (Å²) in [4.78, 5) is 19.3. The van der Waals surface area contributed by atoms with Gasteiger partial charge in [-0.2, -0.15) is 5.10 Å². The third kappa shape index (κ3) is 3.68. The number of carbonyl (C=O) groups excluding carboxylic acids is 1. The van der Waals surface area contributed by atoms with Crippen LogP contribution in [0.2, 0.25) is 0 Å². The molecule has 0 saturated heterocycles. The van der Waals surface area contributed by atoms with Crippen molar-refractivity contribution in [1.82, 2.24) is 14.8 Å². The van der Waals surface area contributed by atoms with Crippen LogP contribution in [-0.2, 0) is 6.42 Å². The van der Waals surface area contributed by atoms with Gasteiger partial charge in [-0.05, 0) is 54.8 Å². The first kappa shape index (κ1) is 19.1. The van der Waals surface area contributed by atoms with E-state index in [-0.39, 0.29) is 11.9 Å². The summed E-state index contributed by atoms with van der Waals surface area (Å²) in [5.74, 6) is 0.710. The molecule has 1 aliphatic rings. The van der Waals surface area contributed by atoms with Crippen LogP contribution in [0.4, 0.5) is 11.5 Å². The first-order chi connectivity index (χ1) is 15.2. The van der Waals surface area contributed by atoms with Crippen molar-refractivity contribution in [2.75, 3.05) is 16.8 Å². The molecule has 0 bridgehead atoms. The number of hydrogen-bond donors (Lipinski definition) is 1. The molecule has 1 amide bonds. The number of pyridine rings is 1. The Morgan fingerprint density at radius 1 is 1.00 bits per heavy atom. The van der Waals surface area contributed by atoms with Crippen molar-refractivity contribution >= 4 is 17.4 Å². The highest BCUT2D eigenvalue weighted by atomic mass is 16.2. The van der Waals surface area contributed by atoms with Crippen molar-refractivity contribution in [1.29, 1.82) is 0 Å². The second-order valence-corrected chi connectivity index (χ2v) is 7.64. The maximum Gasteiger partial charge on any atom is 0.259 e. The zero-order valence-corrected chi connectivity index (χ0v) is 17.3. The van der Waals surface area contributed by atoms with Crippen molar-refractivity contribution in [3.05, 3.63) is 102 Å². The van der Waals surface area contributed by atoms with E-state index in [1.54, 1.807) is 12.4 Å². The number of anilines is 2. The van der Waals surface area contributed by atoms with Crippen molar-refractivity contribution in [2.45, 2.75) is 19.4 Å². The van der Waals surface area contributed by atoms with Gasteiger partial charge in [0.25, 0.3) is 5.91 Å². The molecule has 1 unspecified atom stereocenters. The topological polar surface area (TPSA) is 63.1 Å². The standard InChI is InChI=1S/C25H23N5O/c1-18(21-8-3-5-10-23(21)30-15-6-14-27-30)28-24-12-11-20(17-26-24)25(31)29-16-13-19-7-2-4-9-22(19)29/h2-12,14-15,17-18H,13,16H2,1H3,(H,26,28). The fraction of sp³-hybridized carbons (Fsp3) is 0.160. The van der Waals surface area contributed by atoms with Crippen LogP contribution in [0, 0.1) is 0 Å². The predicted octanol–water partition coefficient (Wildman–Crippen LogP) is 4.64. The molecule has 6 heteroatoms. The number of para-hydroxylation sites is 2. The predicted molar refractivity (Wildman–Crippen MR) is 122 cm³/mol. The van der Waals surface area contributed by atoms with Gasteiger partial charge in [0.2, 0.25) is 0 Å². The van der Waals surface area contributed by atoms with E-state index in [9.17, 15) is 4.79 Å². The number of carbonyl (C=O) groups is 1.